The van der Waals surface area contributed by atoms with Gasteiger partial charge in [0.2, 0.25) is 0 Å². The molecule has 0 aromatic heterocycles. The number of rotatable bonds is 4. The smallest absolute Gasteiger partial charge is 0.262 e. The van der Waals surface area contributed by atoms with E-state index in [0.29, 0.717) is 16.3 Å². The average molecular weight is 312 g/mol. The van der Waals surface area contributed by atoms with Crippen LogP contribution in [0, 0.1) is 6.92 Å². The van der Waals surface area contributed by atoms with Crippen LogP contribution in [0.1, 0.15) is 11.1 Å². The molecule has 0 heterocycles. The number of hydrogen-bond donors (Lipinski definition) is 2. The van der Waals surface area contributed by atoms with Gasteiger partial charge in [-0.15, -0.1) is 0 Å². The molecule has 0 saturated carbocycles. The Bertz CT molecular complexity index is 729. The summed E-state index contributed by atoms with van der Waals surface area (Å²) in [6.07, 6.45) is 0. The highest BCUT2D eigenvalue weighted by Crippen LogP contribution is 2.24. The summed E-state index contributed by atoms with van der Waals surface area (Å²) in [5.74, 6) is 0. The topological polar surface area (TPSA) is 66.4 Å². The first-order chi connectivity index (χ1) is 9.44. The molecule has 2 aromatic rings. The number of aliphatic hydroxyl groups is 1. The minimum Gasteiger partial charge on any atom is -0.392 e. The van der Waals surface area contributed by atoms with Gasteiger partial charge in [0.05, 0.1) is 17.2 Å². The average Bonchev–Trinajstić information content (AvgIpc) is 2.42. The van der Waals surface area contributed by atoms with Crippen molar-refractivity contribution in [3.8, 4) is 0 Å². The molecule has 6 heteroatoms. The molecule has 0 radical (unpaired) electrons. The van der Waals surface area contributed by atoms with Gasteiger partial charge in [0.25, 0.3) is 10.0 Å². The van der Waals surface area contributed by atoms with Crippen molar-refractivity contribution in [2.45, 2.75) is 18.4 Å². The maximum atomic E-state index is 12.4. The van der Waals surface area contributed by atoms with Gasteiger partial charge in [-0.2, -0.15) is 0 Å². The van der Waals surface area contributed by atoms with Crippen LogP contribution < -0.4 is 4.72 Å². The molecule has 0 spiro atoms. The zero-order valence-corrected chi connectivity index (χ0v) is 12.4. The number of benzene rings is 2. The Morgan fingerprint density at radius 3 is 2.60 bits per heavy atom. The Morgan fingerprint density at radius 2 is 1.90 bits per heavy atom. The number of hydrogen-bond acceptors (Lipinski definition) is 3. The summed E-state index contributed by atoms with van der Waals surface area (Å²) in [6, 6.07) is 11.3. The lowest BCUT2D eigenvalue weighted by atomic mass is 10.2. The van der Waals surface area contributed by atoms with E-state index in [-0.39, 0.29) is 11.5 Å². The number of aryl methyl sites for hydroxylation is 1. The fourth-order valence-corrected chi connectivity index (χ4v) is 3.33. The lowest BCUT2D eigenvalue weighted by Crippen LogP contribution is -2.15. The Kier molecular flexibility index (Phi) is 4.32. The zero-order chi connectivity index (χ0) is 14.8. The predicted octanol–water partition coefficient (Wildman–Crippen LogP) is 2.94. The lowest BCUT2D eigenvalue weighted by Gasteiger charge is -2.13. The van der Waals surface area contributed by atoms with E-state index in [9.17, 15) is 13.5 Å². The van der Waals surface area contributed by atoms with E-state index in [1.54, 1.807) is 43.3 Å². The summed E-state index contributed by atoms with van der Waals surface area (Å²) in [6.45, 7) is 1.44. The van der Waals surface area contributed by atoms with Crippen LogP contribution >= 0.6 is 11.6 Å². The van der Waals surface area contributed by atoms with Gasteiger partial charge in [-0.1, -0.05) is 35.9 Å². The standard InChI is InChI=1S/C14H14ClNO3S/c1-10-6-7-12(15)8-13(10)16-20(18,19)14-5-3-2-4-11(14)9-17/h2-8,16-17H,9H2,1H3. The second kappa shape index (κ2) is 5.83. The number of anilines is 1. The van der Waals surface area contributed by atoms with Crippen molar-refractivity contribution >= 4 is 27.3 Å². The molecule has 106 valence electrons. The SMILES string of the molecule is Cc1ccc(Cl)cc1NS(=O)(=O)c1ccccc1CO. The second-order valence-corrected chi connectivity index (χ2v) is 6.42. The molecule has 0 aliphatic heterocycles. The minimum absolute atomic E-state index is 0.0573. The van der Waals surface area contributed by atoms with Crippen LogP contribution in [0.15, 0.2) is 47.4 Å². The van der Waals surface area contributed by atoms with Crippen LogP contribution in [-0.2, 0) is 16.6 Å². The van der Waals surface area contributed by atoms with Crippen LogP contribution in [0.4, 0.5) is 5.69 Å². The molecule has 0 amide bonds. The molecule has 0 unspecified atom stereocenters. The fraction of sp³-hybridized carbons (Fsp3) is 0.143. The van der Waals surface area contributed by atoms with Crippen molar-refractivity contribution in [1.29, 1.82) is 0 Å². The normalized spacial score (nSPS) is 11.3. The van der Waals surface area contributed by atoms with Crippen LogP contribution in [0.2, 0.25) is 5.02 Å². The van der Waals surface area contributed by atoms with Crippen LogP contribution in [-0.4, -0.2) is 13.5 Å². The monoisotopic (exact) mass is 311 g/mol. The van der Waals surface area contributed by atoms with Gasteiger partial charge in [0, 0.05) is 5.02 Å². The molecule has 0 atom stereocenters. The van der Waals surface area contributed by atoms with Crippen molar-refractivity contribution < 1.29 is 13.5 Å². The number of halogens is 1. The minimum atomic E-state index is -3.76. The number of nitrogens with one attached hydrogen (secondary N) is 1. The van der Waals surface area contributed by atoms with Crippen molar-refractivity contribution in [3.05, 3.63) is 58.6 Å². The Balaban J connectivity index is 2.43. The molecular formula is C14H14ClNO3S. The van der Waals surface area contributed by atoms with Gasteiger partial charge in [0.1, 0.15) is 0 Å². The van der Waals surface area contributed by atoms with E-state index in [2.05, 4.69) is 4.72 Å². The molecule has 2 aromatic carbocycles. The van der Waals surface area contributed by atoms with E-state index in [1.807, 2.05) is 0 Å². The van der Waals surface area contributed by atoms with E-state index in [1.165, 1.54) is 6.07 Å². The predicted molar refractivity (Wildman–Crippen MR) is 79.4 cm³/mol. The van der Waals surface area contributed by atoms with E-state index in [4.69, 9.17) is 11.6 Å². The lowest BCUT2D eigenvalue weighted by molar-refractivity contribution is 0.278. The highest BCUT2D eigenvalue weighted by atomic mass is 35.5. The molecule has 0 fully saturated rings. The number of aliphatic hydroxyl groups excluding tert-OH is 1. The molecule has 0 saturated heterocycles. The third-order valence-corrected chi connectivity index (χ3v) is 4.58. The highest BCUT2D eigenvalue weighted by Gasteiger charge is 2.18. The van der Waals surface area contributed by atoms with Crippen LogP contribution in [0.5, 0.6) is 0 Å². The summed E-state index contributed by atoms with van der Waals surface area (Å²) in [7, 11) is -3.76. The van der Waals surface area contributed by atoms with Crippen LogP contribution in [0.25, 0.3) is 0 Å². The molecule has 0 bridgehead atoms. The molecule has 20 heavy (non-hydrogen) atoms. The first-order valence-electron chi connectivity index (χ1n) is 5.92. The molecular weight excluding hydrogens is 298 g/mol. The highest BCUT2D eigenvalue weighted by molar-refractivity contribution is 7.92. The van der Waals surface area contributed by atoms with Gasteiger partial charge in [-0.3, -0.25) is 4.72 Å². The Hall–Kier alpha value is -1.56. The number of sulfonamides is 1. The summed E-state index contributed by atoms with van der Waals surface area (Å²) < 4.78 is 27.3. The summed E-state index contributed by atoms with van der Waals surface area (Å²) in [4.78, 5) is 0.0573. The molecule has 0 aliphatic rings. The van der Waals surface area contributed by atoms with Crippen molar-refractivity contribution in [2.75, 3.05) is 4.72 Å². The van der Waals surface area contributed by atoms with E-state index >= 15 is 0 Å². The fourth-order valence-electron chi connectivity index (χ4n) is 1.80. The van der Waals surface area contributed by atoms with Crippen LogP contribution in [0.3, 0.4) is 0 Å². The van der Waals surface area contributed by atoms with Gasteiger partial charge >= 0.3 is 0 Å². The second-order valence-electron chi connectivity index (χ2n) is 4.33. The summed E-state index contributed by atoms with van der Waals surface area (Å²) >= 11 is 5.88. The quantitative estimate of drug-likeness (QED) is 0.912. The molecule has 2 N–H and O–H groups in total. The van der Waals surface area contributed by atoms with Gasteiger partial charge in [0.15, 0.2) is 0 Å². The zero-order valence-electron chi connectivity index (χ0n) is 10.8. The van der Waals surface area contributed by atoms with E-state index < -0.39 is 10.0 Å². The van der Waals surface area contributed by atoms with E-state index in [0.717, 1.165) is 5.56 Å². The van der Waals surface area contributed by atoms with Crippen molar-refractivity contribution in [2.24, 2.45) is 0 Å². The largest absolute Gasteiger partial charge is 0.392 e. The van der Waals surface area contributed by atoms with Gasteiger partial charge in [-0.25, -0.2) is 8.42 Å². The van der Waals surface area contributed by atoms with Crippen molar-refractivity contribution in [3.63, 3.8) is 0 Å². The van der Waals surface area contributed by atoms with Gasteiger partial charge in [-0.05, 0) is 36.2 Å². The third-order valence-electron chi connectivity index (χ3n) is 2.88. The first-order valence-corrected chi connectivity index (χ1v) is 7.78. The molecule has 2 rings (SSSR count). The third kappa shape index (κ3) is 3.12. The maximum absolute atomic E-state index is 12.4. The molecule has 4 nitrogen and oxygen atoms in total. The first kappa shape index (κ1) is 14.8. The summed E-state index contributed by atoms with van der Waals surface area (Å²) in [5.41, 5.74) is 1.53. The van der Waals surface area contributed by atoms with Crippen molar-refractivity contribution in [1.82, 2.24) is 0 Å². The van der Waals surface area contributed by atoms with Gasteiger partial charge < -0.3 is 5.11 Å². The summed E-state index contributed by atoms with van der Waals surface area (Å²) in [5, 5.41) is 9.68. The Morgan fingerprint density at radius 1 is 1.20 bits per heavy atom. The maximum Gasteiger partial charge on any atom is 0.262 e. The Labute approximate surface area is 123 Å². The molecule has 0 aliphatic carbocycles.